The lowest BCUT2D eigenvalue weighted by atomic mass is 9.87. The van der Waals surface area contributed by atoms with Crippen LogP contribution in [0.5, 0.6) is 0 Å². The summed E-state index contributed by atoms with van der Waals surface area (Å²) in [6, 6.07) is 36.5. The molecule has 0 atom stereocenters. The first-order valence-electron chi connectivity index (χ1n) is 16.4. The minimum absolute atomic E-state index is 0.00143. The van der Waals surface area contributed by atoms with E-state index in [9.17, 15) is 14.9 Å². The van der Waals surface area contributed by atoms with E-state index in [1.54, 1.807) is 17.0 Å². The molecule has 1 amide bonds. The maximum atomic E-state index is 14.2. The number of nitriles is 1. The third-order valence-corrected chi connectivity index (χ3v) is 10.5. The summed E-state index contributed by atoms with van der Waals surface area (Å²) in [7, 11) is 0. The summed E-state index contributed by atoms with van der Waals surface area (Å²) in [5, 5.41) is 11.0. The van der Waals surface area contributed by atoms with Gasteiger partial charge in [-0.15, -0.1) is 11.3 Å². The number of hydrogen-bond donors (Lipinski definition) is 0. The molecule has 0 unspecified atom stereocenters. The van der Waals surface area contributed by atoms with Crippen molar-refractivity contribution in [3.63, 3.8) is 0 Å². The zero-order valence-corrected chi connectivity index (χ0v) is 29.8. The van der Waals surface area contributed by atoms with Gasteiger partial charge in [-0.3, -0.25) is 19.1 Å². The minimum Gasteiger partial charge on any atom is -0.335 e. The van der Waals surface area contributed by atoms with Crippen LogP contribution in [0.3, 0.4) is 0 Å². The van der Waals surface area contributed by atoms with E-state index in [1.165, 1.54) is 21.3 Å². The van der Waals surface area contributed by atoms with Crippen LogP contribution in [-0.4, -0.2) is 46.5 Å². The molecule has 1 fully saturated rings. The van der Waals surface area contributed by atoms with Crippen LogP contribution in [0.4, 0.5) is 0 Å². The number of benzene rings is 4. The number of carbonyl (C=O) groups excluding carboxylic acids is 1. The van der Waals surface area contributed by atoms with Gasteiger partial charge in [0.15, 0.2) is 5.57 Å². The fraction of sp³-hybridized carbons (Fsp3) is 0.244. The molecule has 0 saturated carbocycles. The third kappa shape index (κ3) is 7.33. The van der Waals surface area contributed by atoms with Crippen LogP contribution in [0.2, 0.25) is 5.02 Å². The second kappa shape index (κ2) is 14.4. The highest BCUT2D eigenvalue weighted by Crippen LogP contribution is 2.30. The predicted molar refractivity (Wildman–Crippen MR) is 200 cm³/mol. The van der Waals surface area contributed by atoms with Crippen LogP contribution in [0, 0.1) is 18.3 Å². The van der Waals surface area contributed by atoms with Crippen LogP contribution in [0.15, 0.2) is 108 Å². The molecule has 0 bridgehead atoms. The molecule has 1 aliphatic heterocycles. The number of hydrogen-bond acceptors (Lipinski definition) is 5. The molecule has 0 spiro atoms. The predicted octanol–water partition coefficient (Wildman–Crippen LogP) is 6.60. The quantitative estimate of drug-likeness (QED) is 0.202. The van der Waals surface area contributed by atoms with Gasteiger partial charge >= 0.3 is 0 Å². The number of rotatable bonds is 6. The van der Waals surface area contributed by atoms with Gasteiger partial charge in [0.1, 0.15) is 10.7 Å². The number of halogens is 1. The van der Waals surface area contributed by atoms with Crippen molar-refractivity contribution in [2.45, 2.75) is 39.2 Å². The van der Waals surface area contributed by atoms with E-state index in [0.717, 1.165) is 22.5 Å². The number of carbonyl (C=O) groups is 1. The first kappa shape index (κ1) is 34.1. The zero-order chi connectivity index (χ0) is 34.7. The molecule has 1 saturated heterocycles. The van der Waals surface area contributed by atoms with Gasteiger partial charge < -0.3 is 4.90 Å². The van der Waals surface area contributed by atoms with Gasteiger partial charge in [0.05, 0.1) is 16.3 Å². The number of nitrogens with zero attached hydrogens (tertiary/aromatic N) is 4. The monoisotopic (exact) mass is 686 g/mol. The van der Waals surface area contributed by atoms with Gasteiger partial charge in [0, 0.05) is 31.2 Å². The summed E-state index contributed by atoms with van der Waals surface area (Å²) in [5.41, 5.74) is 5.43. The lowest BCUT2D eigenvalue weighted by molar-refractivity contribution is -0.126. The third-order valence-electron chi connectivity index (χ3n) is 9.05. The van der Waals surface area contributed by atoms with E-state index in [2.05, 4.69) is 68.1 Å². The summed E-state index contributed by atoms with van der Waals surface area (Å²) in [6.45, 7) is 10.5. The molecular weight excluding hydrogens is 648 g/mol. The summed E-state index contributed by atoms with van der Waals surface area (Å²) in [4.78, 5) is 32.3. The summed E-state index contributed by atoms with van der Waals surface area (Å²) < 4.78 is 2.18. The molecule has 0 radical (unpaired) electrons. The number of aromatic nitrogens is 1. The highest BCUT2D eigenvalue weighted by atomic mass is 35.5. The van der Waals surface area contributed by atoms with E-state index >= 15 is 0 Å². The van der Waals surface area contributed by atoms with E-state index in [0.29, 0.717) is 46.1 Å². The fourth-order valence-electron chi connectivity index (χ4n) is 6.25. The average Bonchev–Trinajstić information content (AvgIpc) is 3.42. The Balaban J connectivity index is 1.38. The summed E-state index contributed by atoms with van der Waals surface area (Å²) in [5.74, 6) is -0.382. The maximum absolute atomic E-state index is 14.2. The molecule has 2 heterocycles. The maximum Gasteiger partial charge on any atom is 0.273 e. The molecule has 6 nitrogen and oxygen atoms in total. The lowest BCUT2D eigenvalue weighted by Crippen LogP contribution is -2.50. The van der Waals surface area contributed by atoms with Crippen LogP contribution >= 0.6 is 22.9 Å². The SMILES string of the molecule is Cc1ccc(-n2c(=O)/c(=C\c3ccc(C(C)(C)C)cc3)s/c2=C(/C#N)C(=O)N2CCN(C(c3ccccc3)c3ccccc3)CC2)cc1Cl. The van der Waals surface area contributed by atoms with Gasteiger partial charge in [-0.25, -0.2) is 0 Å². The Kier molecular flexibility index (Phi) is 10.0. The number of amides is 1. The average molecular weight is 687 g/mol. The van der Waals surface area contributed by atoms with Crippen LogP contribution in [-0.2, 0) is 10.2 Å². The summed E-state index contributed by atoms with van der Waals surface area (Å²) in [6.07, 6.45) is 1.82. The Morgan fingerprint density at radius 2 is 1.47 bits per heavy atom. The van der Waals surface area contributed by atoms with Crippen molar-refractivity contribution in [3.8, 4) is 11.8 Å². The van der Waals surface area contributed by atoms with Crippen molar-refractivity contribution < 1.29 is 4.79 Å². The molecule has 5 aromatic rings. The second-order valence-electron chi connectivity index (χ2n) is 13.4. The number of thiazole rings is 1. The van der Waals surface area contributed by atoms with Crippen molar-refractivity contribution in [3.05, 3.63) is 156 Å². The standard InChI is InChI=1S/C41H39ClN4O2S/c1-28-15-20-33(26-35(28)42)46-39(48)36(25-29-16-18-32(19-17-29)41(2,3)4)49-40(46)34(27-43)38(47)45-23-21-44(22-24-45)37(30-11-7-5-8-12-30)31-13-9-6-10-14-31/h5-20,25-26,37H,21-24H2,1-4H3/b36-25+,40-34-. The van der Waals surface area contributed by atoms with Gasteiger partial charge in [0.25, 0.3) is 11.5 Å². The first-order valence-corrected chi connectivity index (χ1v) is 17.6. The van der Waals surface area contributed by atoms with Gasteiger partial charge in [-0.05, 0) is 58.4 Å². The highest BCUT2D eigenvalue weighted by Gasteiger charge is 2.30. The number of aryl methyl sites for hydroxylation is 1. The molecule has 1 aromatic heterocycles. The molecule has 8 heteroatoms. The van der Waals surface area contributed by atoms with Crippen LogP contribution in [0.1, 0.15) is 54.6 Å². The molecule has 0 aliphatic carbocycles. The lowest BCUT2D eigenvalue weighted by Gasteiger charge is -2.39. The highest BCUT2D eigenvalue weighted by molar-refractivity contribution is 7.07. The molecule has 4 aromatic carbocycles. The normalized spacial score (nSPS) is 15.0. The van der Waals surface area contributed by atoms with Gasteiger partial charge in [0.2, 0.25) is 0 Å². The topological polar surface area (TPSA) is 69.3 Å². The second-order valence-corrected chi connectivity index (χ2v) is 14.8. The smallest absolute Gasteiger partial charge is 0.273 e. The van der Waals surface area contributed by atoms with E-state index in [-0.39, 0.29) is 28.5 Å². The zero-order valence-electron chi connectivity index (χ0n) is 28.2. The molecule has 1 aliphatic rings. The Bertz CT molecular complexity index is 2150. The Morgan fingerprint density at radius 1 is 0.878 bits per heavy atom. The van der Waals surface area contributed by atoms with Crippen LogP contribution < -0.4 is 14.8 Å². The first-order chi connectivity index (χ1) is 23.5. The Labute approximate surface area is 296 Å². The van der Waals surface area contributed by atoms with Crippen molar-refractivity contribution in [1.29, 1.82) is 5.26 Å². The molecule has 248 valence electrons. The van der Waals surface area contributed by atoms with Crippen molar-refractivity contribution in [2.75, 3.05) is 26.2 Å². The van der Waals surface area contributed by atoms with Crippen molar-refractivity contribution >= 4 is 40.5 Å². The summed E-state index contributed by atoms with van der Waals surface area (Å²) >= 11 is 7.67. The van der Waals surface area contributed by atoms with E-state index in [1.807, 2.05) is 67.6 Å². The Morgan fingerprint density at radius 3 is 2.00 bits per heavy atom. The van der Waals surface area contributed by atoms with Gasteiger partial charge in [-0.1, -0.05) is 123 Å². The van der Waals surface area contributed by atoms with Gasteiger partial charge in [-0.2, -0.15) is 5.26 Å². The molecular formula is C41H39ClN4O2S. The largest absolute Gasteiger partial charge is 0.335 e. The molecule has 49 heavy (non-hydrogen) atoms. The minimum atomic E-state index is -0.382. The van der Waals surface area contributed by atoms with E-state index < -0.39 is 0 Å². The van der Waals surface area contributed by atoms with Crippen LogP contribution in [0.25, 0.3) is 17.3 Å². The molecule has 0 N–H and O–H groups in total. The molecule has 6 rings (SSSR count). The number of piperazine rings is 1. The Hall–Kier alpha value is -4.74. The fourth-order valence-corrected chi connectivity index (χ4v) is 7.52. The van der Waals surface area contributed by atoms with Crippen molar-refractivity contribution in [2.24, 2.45) is 0 Å². The van der Waals surface area contributed by atoms with E-state index in [4.69, 9.17) is 11.6 Å². The van der Waals surface area contributed by atoms with Crippen molar-refractivity contribution in [1.82, 2.24) is 14.4 Å².